The Morgan fingerprint density at radius 1 is 1.44 bits per heavy atom. The molecule has 0 aromatic carbocycles. The zero-order chi connectivity index (χ0) is 13.6. The van der Waals surface area contributed by atoms with E-state index in [9.17, 15) is 4.79 Å². The quantitative estimate of drug-likeness (QED) is 0.856. The Balaban J connectivity index is 2.28. The first kappa shape index (κ1) is 15.1. The predicted octanol–water partition coefficient (Wildman–Crippen LogP) is 3.52. The highest BCUT2D eigenvalue weighted by Crippen LogP contribution is 2.19. The summed E-state index contributed by atoms with van der Waals surface area (Å²) < 4.78 is 0.649. The van der Waals surface area contributed by atoms with Crippen molar-refractivity contribution >= 4 is 39.9 Å². The zero-order valence-corrected chi connectivity index (χ0v) is 12.5. The third kappa shape index (κ3) is 5.60. The van der Waals surface area contributed by atoms with Crippen molar-refractivity contribution in [1.82, 2.24) is 4.98 Å². The molecule has 0 bridgehead atoms. The van der Waals surface area contributed by atoms with E-state index in [0.29, 0.717) is 16.5 Å². The molecule has 0 amide bonds. The molecule has 0 atom stereocenters. The second-order valence-corrected chi connectivity index (χ2v) is 6.67. The summed E-state index contributed by atoms with van der Waals surface area (Å²) in [5, 5.41) is 3.03. The van der Waals surface area contributed by atoms with E-state index in [0.717, 1.165) is 5.82 Å². The number of hydrogen-bond acceptors (Lipinski definition) is 4. The lowest BCUT2D eigenvalue weighted by atomic mass is 9.89. The molecule has 98 valence electrons. The standard InChI is InChI=1S/C13H18N2OS2/c1-13(2,3)10(16)7-9-18-12(17)15-11-6-4-5-8-14-11/h4-6,8H,7,9H2,1-3H3,(H,14,15,17). The number of ketones is 1. The van der Waals surface area contributed by atoms with Gasteiger partial charge < -0.3 is 5.32 Å². The van der Waals surface area contributed by atoms with Gasteiger partial charge in [0, 0.05) is 23.8 Å². The van der Waals surface area contributed by atoms with Crippen molar-refractivity contribution in [3.05, 3.63) is 24.4 Å². The Morgan fingerprint density at radius 3 is 2.72 bits per heavy atom. The number of anilines is 1. The smallest absolute Gasteiger partial charge is 0.139 e. The molecule has 0 saturated carbocycles. The second kappa shape index (κ2) is 6.85. The molecule has 1 heterocycles. The number of hydrogen-bond donors (Lipinski definition) is 1. The van der Waals surface area contributed by atoms with Crippen molar-refractivity contribution < 1.29 is 4.79 Å². The van der Waals surface area contributed by atoms with E-state index in [4.69, 9.17) is 12.2 Å². The van der Waals surface area contributed by atoms with Crippen molar-refractivity contribution in [3.8, 4) is 0 Å². The first-order valence-electron chi connectivity index (χ1n) is 5.78. The summed E-state index contributed by atoms with van der Waals surface area (Å²) >= 11 is 6.66. The first-order valence-corrected chi connectivity index (χ1v) is 7.17. The zero-order valence-electron chi connectivity index (χ0n) is 10.9. The van der Waals surface area contributed by atoms with Gasteiger partial charge in [0.25, 0.3) is 0 Å². The van der Waals surface area contributed by atoms with Gasteiger partial charge in [-0.25, -0.2) is 4.98 Å². The topological polar surface area (TPSA) is 42.0 Å². The highest BCUT2D eigenvalue weighted by Gasteiger charge is 2.20. The number of thioether (sulfide) groups is 1. The van der Waals surface area contributed by atoms with Crippen molar-refractivity contribution in [1.29, 1.82) is 0 Å². The van der Waals surface area contributed by atoms with Gasteiger partial charge >= 0.3 is 0 Å². The van der Waals surface area contributed by atoms with Gasteiger partial charge in [0.05, 0.1) is 0 Å². The lowest BCUT2D eigenvalue weighted by molar-refractivity contribution is -0.125. The van der Waals surface area contributed by atoms with E-state index < -0.39 is 0 Å². The molecule has 0 radical (unpaired) electrons. The molecular weight excluding hydrogens is 264 g/mol. The lowest BCUT2D eigenvalue weighted by Gasteiger charge is -2.16. The van der Waals surface area contributed by atoms with Crippen LogP contribution in [-0.2, 0) is 4.79 Å². The third-order valence-corrected chi connectivity index (χ3v) is 3.52. The third-order valence-electron chi connectivity index (χ3n) is 2.29. The summed E-state index contributed by atoms with van der Waals surface area (Å²) in [7, 11) is 0. The molecule has 18 heavy (non-hydrogen) atoms. The number of pyridine rings is 1. The van der Waals surface area contributed by atoms with Crippen LogP contribution in [0.4, 0.5) is 5.82 Å². The van der Waals surface area contributed by atoms with Crippen LogP contribution in [0.15, 0.2) is 24.4 Å². The van der Waals surface area contributed by atoms with Crippen molar-refractivity contribution in [2.45, 2.75) is 27.2 Å². The van der Waals surface area contributed by atoms with Crippen LogP contribution in [0.1, 0.15) is 27.2 Å². The van der Waals surface area contributed by atoms with Crippen LogP contribution < -0.4 is 5.32 Å². The SMILES string of the molecule is CC(C)(C)C(=O)CCSC(=S)Nc1ccccn1. The maximum absolute atomic E-state index is 11.7. The molecule has 0 aliphatic carbocycles. The molecule has 0 aliphatic rings. The fourth-order valence-corrected chi connectivity index (χ4v) is 2.19. The summed E-state index contributed by atoms with van der Waals surface area (Å²) in [4.78, 5) is 15.8. The summed E-state index contributed by atoms with van der Waals surface area (Å²) in [5.74, 6) is 1.70. The number of nitrogens with zero attached hydrogens (tertiary/aromatic N) is 1. The van der Waals surface area contributed by atoms with E-state index in [-0.39, 0.29) is 11.2 Å². The summed E-state index contributed by atoms with van der Waals surface area (Å²) in [5.41, 5.74) is -0.267. The normalized spacial score (nSPS) is 11.1. The lowest BCUT2D eigenvalue weighted by Crippen LogP contribution is -2.20. The number of thiocarbonyl (C=S) groups is 1. The highest BCUT2D eigenvalue weighted by molar-refractivity contribution is 8.23. The van der Waals surface area contributed by atoms with Gasteiger partial charge in [0.2, 0.25) is 0 Å². The van der Waals surface area contributed by atoms with Gasteiger partial charge in [0.1, 0.15) is 15.9 Å². The van der Waals surface area contributed by atoms with Gasteiger partial charge in [0.15, 0.2) is 0 Å². The van der Waals surface area contributed by atoms with Crippen LogP contribution in [0.2, 0.25) is 0 Å². The fourth-order valence-electron chi connectivity index (χ4n) is 1.19. The highest BCUT2D eigenvalue weighted by atomic mass is 32.2. The van der Waals surface area contributed by atoms with Crippen LogP contribution in [0.25, 0.3) is 0 Å². The predicted molar refractivity (Wildman–Crippen MR) is 82.0 cm³/mol. The molecule has 0 unspecified atom stereocenters. The van der Waals surface area contributed by atoms with E-state index >= 15 is 0 Å². The maximum atomic E-state index is 11.7. The van der Waals surface area contributed by atoms with E-state index in [1.807, 2.05) is 39.0 Å². The molecule has 3 nitrogen and oxygen atoms in total. The summed E-state index contributed by atoms with van der Waals surface area (Å²) in [6.45, 7) is 5.80. The molecule has 0 fully saturated rings. The van der Waals surface area contributed by atoms with E-state index in [1.165, 1.54) is 11.8 Å². The number of nitrogens with one attached hydrogen (secondary N) is 1. The molecule has 1 N–H and O–H groups in total. The Kier molecular flexibility index (Phi) is 5.75. The Bertz CT molecular complexity index is 413. The second-order valence-electron chi connectivity index (χ2n) is 4.90. The van der Waals surface area contributed by atoms with Gasteiger partial charge in [-0.1, -0.05) is 50.8 Å². The Labute approximate surface area is 118 Å². The molecule has 1 aromatic heterocycles. The van der Waals surface area contributed by atoms with Crippen LogP contribution in [0.5, 0.6) is 0 Å². The van der Waals surface area contributed by atoms with Crippen LogP contribution in [-0.4, -0.2) is 20.8 Å². The van der Waals surface area contributed by atoms with Gasteiger partial charge in [-0.15, -0.1) is 0 Å². The van der Waals surface area contributed by atoms with Crippen LogP contribution in [0, 0.1) is 5.41 Å². The molecule has 1 rings (SSSR count). The minimum absolute atomic E-state index is 0.260. The molecular formula is C13H18N2OS2. The number of Topliss-reactive ketones (excluding diaryl/α,β-unsaturated/α-hetero) is 1. The molecule has 0 spiro atoms. The number of aromatic nitrogens is 1. The van der Waals surface area contributed by atoms with Gasteiger partial charge in [-0.2, -0.15) is 0 Å². The summed E-state index contributed by atoms with van der Waals surface area (Å²) in [6.07, 6.45) is 2.25. The Morgan fingerprint density at radius 2 is 2.17 bits per heavy atom. The van der Waals surface area contributed by atoms with E-state index in [1.54, 1.807) is 6.20 Å². The molecule has 0 aliphatic heterocycles. The monoisotopic (exact) mass is 282 g/mol. The minimum atomic E-state index is -0.267. The van der Waals surface area contributed by atoms with Gasteiger partial charge in [-0.3, -0.25) is 4.79 Å². The van der Waals surface area contributed by atoms with E-state index in [2.05, 4.69) is 10.3 Å². The molecule has 5 heteroatoms. The van der Waals surface area contributed by atoms with Crippen molar-refractivity contribution in [3.63, 3.8) is 0 Å². The summed E-state index contributed by atoms with van der Waals surface area (Å²) in [6, 6.07) is 5.60. The van der Waals surface area contributed by atoms with Crippen molar-refractivity contribution in [2.24, 2.45) is 5.41 Å². The van der Waals surface area contributed by atoms with Crippen LogP contribution >= 0.6 is 24.0 Å². The Hall–Kier alpha value is -0.940. The maximum Gasteiger partial charge on any atom is 0.139 e. The minimum Gasteiger partial charge on any atom is -0.326 e. The molecule has 1 aromatic rings. The average molecular weight is 282 g/mol. The van der Waals surface area contributed by atoms with Crippen LogP contribution in [0.3, 0.4) is 0 Å². The average Bonchev–Trinajstić information content (AvgIpc) is 2.28. The first-order chi connectivity index (χ1) is 8.39. The number of rotatable bonds is 4. The largest absolute Gasteiger partial charge is 0.326 e. The number of carbonyl (C=O) groups excluding carboxylic acids is 1. The fraction of sp³-hybridized carbons (Fsp3) is 0.462. The van der Waals surface area contributed by atoms with Gasteiger partial charge in [-0.05, 0) is 12.1 Å². The van der Waals surface area contributed by atoms with Crippen molar-refractivity contribution in [2.75, 3.05) is 11.1 Å². The number of carbonyl (C=O) groups is 1. The molecule has 0 saturated heterocycles.